The third kappa shape index (κ3) is 6.27. The fraction of sp³-hybridized carbons (Fsp3) is 0.174. The number of hydrogen-bond acceptors (Lipinski definition) is 1. The van der Waals surface area contributed by atoms with Crippen LogP contribution in [0.3, 0.4) is 0 Å². The topological polar surface area (TPSA) is 6.25 Å². The molecule has 1 aromatic rings. The Balaban J connectivity index is 1.84. The van der Waals surface area contributed by atoms with Crippen LogP contribution in [-0.2, 0) is 0 Å². The van der Waals surface area contributed by atoms with Crippen molar-refractivity contribution in [3.63, 3.8) is 0 Å². The van der Waals surface area contributed by atoms with Crippen LogP contribution < -0.4 is 4.90 Å². The Hall–Kier alpha value is -2.87. The van der Waals surface area contributed by atoms with E-state index in [4.69, 9.17) is 0 Å². The Morgan fingerprint density at radius 1 is 0.760 bits per heavy atom. The Labute approximate surface area is 151 Å². The first-order valence-corrected chi connectivity index (χ1v) is 8.46. The van der Waals surface area contributed by atoms with Crippen LogP contribution in [0.2, 0.25) is 0 Å². The van der Waals surface area contributed by atoms with E-state index in [-0.39, 0.29) is 0 Å². The molecule has 0 spiro atoms. The van der Waals surface area contributed by atoms with Gasteiger partial charge in [0.15, 0.2) is 5.71 Å². The van der Waals surface area contributed by atoms with E-state index in [9.17, 15) is 0 Å². The standard InChI is InChI=1S/C23H27N2/c1-24(2)22-16-12-20(13-17-22)10-8-6-5-7-9-11-21-14-18-23(19-15-21)25(3)4/h5-19H,1-4H3/q+1. The van der Waals surface area contributed by atoms with Gasteiger partial charge < -0.3 is 4.90 Å². The zero-order valence-electron chi connectivity index (χ0n) is 15.6. The summed E-state index contributed by atoms with van der Waals surface area (Å²) in [6.07, 6.45) is 22.9. The van der Waals surface area contributed by atoms with Crippen LogP contribution in [0.15, 0.2) is 90.6 Å². The SMILES string of the molecule is CN(C)c1ccc(C=CC=CC=CC=C2C=CC(=[N+](C)C)C=C2)cc1. The largest absolute Gasteiger partial charge is 0.378 e. The van der Waals surface area contributed by atoms with Gasteiger partial charge in [0, 0.05) is 31.9 Å². The average Bonchev–Trinajstić information content (AvgIpc) is 2.61. The first kappa shape index (κ1) is 18.5. The van der Waals surface area contributed by atoms with Crippen molar-refractivity contribution in [1.29, 1.82) is 0 Å². The zero-order valence-corrected chi connectivity index (χ0v) is 15.6. The molecule has 1 aliphatic carbocycles. The molecular weight excluding hydrogens is 304 g/mol. The molecule has 1 aromatic carbocycles. The van der Waals surface area contributed by atoms with Crippen molar-refractivity contribution in [2.24, 2.45) is 0 Å². The molecule has 2 rings (SSSR count). The highest BCUT2D eigenvalue weighted by Gasteiger charge is 2.02. The second kappa shape index (κ2) is 9.43. The van der Waals surface area contributed by atoms with Crippen LogP contribution in [0.25, 0.3) is 6.08 Å². The van der Waals surface area contributed by atoms with Crippen molar-refractivity contribution in [2.45, 2.75) is 0 Å². The molecule has 2 nitrogen and oxygen atoms in total. The van der Waals surface area contributed by atoms with Gasteiger partial charge in [-0.1, -0.05) is 54.7 Å². The summed E-state index contributed by atoms with van der Waals surface area (Å²) in [5.41, 5.74) is 4.83. The lowest BCUT2D eigenvalue weighted by Gasteiger charge is -2.11. The van der Waals surface area contributed by atoms with Crippen molar-refractivity contribution in [3.05, 3.63) is 96.2 Å². The minimum atomic E-state index is 1.20. The van der Waals surface area contributed by atoms with Gasteiger partial charge >= 0.3 is 0 Å². The van der Waals surface area contributed by atoms with E-state index in [0.29, 0.717) is 0 Å². The molecule has 0 fully saturated rings. The minimum Gasteiger partial charge on any atom is -0.378 e. The van der Waals surface area contributed by atoms with Crippen LogP contribution in [0.5, 0.6) is 0 Å². The molecule has 0 radical (unpaired) electrons. The van der Waals surface area contributed by atoms with E-state index in [2.05, 4.69) is 82.3 Å². The summed E-state index contributed by atoms with van der Waals surface area (Å²) < 4.78 is 2.10. The Bertz CT molecular complexity index is 758. The molecule has 0 heterocycles. The Morgan fingerprint density at radius 3 is 1.96 bits per heavy atom. The molecule has 128 valence electrons. The monoisotopic (exact) mass is 331 g/mol. The Morgan fingerprint density at radius 2 is 1.36 bits per heavy atom. The predicted molar refractivity (Wildman–Crippen MR) is 112 cm³/mol. The van der Waals surface area contributed by atoms with Gasteiger partial charge in [0.05, 0.1) is 0 Å². The zero-order chi connectivity index (χ0) is 18.1. The van der Waals surface area contributed by atoms with Crippen molar-refractivity contribution < 1.29 is 4.58 Å². The molecule has 0 atom stereocenters. The highest BCUT2D eigenvalue weighted by Crippen LogP contribution is 2.13. The van der Waals surface area contributed by atoms with E-state index in [1.165, 1.54) is 22.5 Å². The lowest BCUT2D eigenvalue weighted by Crippen LogP contribution is -2.09. The molecule has 0 saturated heterocycles. The predicted octanol–water partition coefficient (Wildman–Crippen LogP) is 4.64. The second-order valence-corrected chi connectivity index (χ2v) is 6.27. The number of benzene rings is 1. The fourth-order valence-electron chi connectivity index (χ4n) is 2.29. The number of anilines is 1. The summed E-state index contributed by atoms with van der Waals surface area (Å²) in [7, 11) is 8.20. The molecule has 0 aliphatic heterocycles. The van der Waals surface area contributed by atoms with Crippen LogP contribution in [0.4, 0.5) is 5.69 Å². The van der Waals surface area contributed by atoms with Gasteiger partial charge in [-0.25, -0.2) is 4.58 Å². The second-order valence-electron chi connectivity index (χ2n) is 6.27. The summed E-state index contributed by atoms with van der Waals surface area (Å²) in [5.74, 6) is 0. The molecule has 0 bridgehead atoms. The third-order valence-electron chi connectivity index (χ3n) is 3.84. The van der Waals surface area contributed by atoms with E-state index in [0.717, 1.165) is 0 Å². The van der Waals surface area contributed by atoms with Gasteiger partial charge in [-0.15, -0.1) is 0 Å². The molecule has 2 heteroatoms. The molecule has 0 unspecified atom stereocenters. The Kier molecular flexibility index (Phi) is 6.97. The summed E-state index contributed by atoms with van der Waals surface area (Å²) in [6.45, 7) is 0. The maximum atomic E-state index is 2.13. The first-order valence-electron chi connectivity index (χ1n) is 8.46. The van der Waals surface area contributed by atoms with Crippen LogP contribution in [-0.4, -0.2) is 38.5 Å². The van der Waals surface area contributed by atoms with Crippen molar-refractivity contribution in [3.8, 4) is 0 Å². The molecular formula is C23H27N2+. The van der Waals surface area contributed by atoms with Crippen LogP contribution in [0.1, 0.15) is 5.56 Å². The fourth-order valence-corrected chi connectivity index (χ4v) is 2.29. The van der Waals surface area contributed by atoms with Crippen molar-refractivity contribution >= 4 is 17.5 Å². The highest BCUT2D eigenvalue weighted by molar-refractivity contribution is 6.02. The molecule has 0 N–H and O–H groups in total. The molecule has 0 saturated carbocycles. The number of allylic oxidation sites excluding steroid dienone is 11. The van der Waals surface area contributed by atoms with Crippen molar-refractivity contribution in [2.75, 3.05) is 33.1 Å². The quantitative estimate of drug-likeness (QED) is 0.562. The summed E-state index contributed by atoms with van der Waals surface area (Å²) in [4.78, 5) is 2.10. The normalized spacial score (nSPS) is 14.2. The maximum Gasteiger partial charge on any atom is 0.199 e. The summed E-state index contributed by atoms with van der Waals surface area (Å²) >= 11 is 0. The van der Waals surface area contributed by atoms with Crippen LogP contribution in [0, 0.1) is 0 Å². The van der Waals surface area contributed by atoms with E-state index in [1.807, 2.05) is 46.4 Å². The molecule has 1 aliphatic rings. The van der Waals surface area contributed by atoms with Gasteiger partial charge in [0.1, 0.15) is 14.1 Å². The minimum absolute atomic E-state index is 1.20. The van der Waals surface area contributed by atoms with Crippen molar-refractivity contribution in [1.82, 2.24) is 0 Å². The number of rotatable bonds is 5. The summed E-state index contributed by atoms with van der Waals surface area (Å²) in [5, 5.41) is 0. The van der Waals surface area contributed by atoms with Gasteiger partial charge in [0.2, 0.25) is 0 Å². The average molecular weight is 331 g/mol. The van der Waals surface area contributed by atoms with Gasteiger partial charge in [0.25, 0.3) is 0 Å². The van der Waals surface area contributed by atoms with Gasteiger partial charge in [-0.2, -0.15) is 0 Å². The molecule has 0 aromatic heterocycles. The molecule has 0 amide bonds. The lowest BCUT2D eigenvalue weighted by atomic mass is 10.1. The lowest BCUT2D eigenvalue weighted by molar-refractivity contribution is -0.462. The number of nitrogens with zero attached hydrogens (tertiary/aromatic N) is 2. The van der Waals surface area contributed by atoms with Gasteiger partial charge in [-0.05, 0) is 35.4 Å². The smallest absolute Gasteiger partial charge is 0.199 e. The third-order valence-corrected chi connectivity index (χ3v) is 3.84. The van der Waals surface area contributed by atoms with E-state index in [1.54, 1.807) is 0 Å². The number of hydrogen-bond donors (Lipinski definition) is 0. The first-order chi connectivity index (χ1) is 12.1. The van der Waals surface area contributed by atoms with Gasteiger partial charge in [-0.3, -0.25) is 0 Å². The van der Waals surface area contributed by atoms with E-state index >= 15 is 0 Å². The maximum absolute atomic E-state index is 2.13. The highest BCUT2D eigenvalue weighted by atomic mass is 15.1. The van der Waals surface area contributed by atoms with Crippen LogP contribution >= 0.6 is 0 Å². The summed E-state index contributed by atoms with van der Waals surface area (Å²) in [6, 6.07) is 8.50. The van der Waals surface area contributed by atoms with E-state index < -0.39 is 0 Å². The molecule has 25 heavy (non-hydrogen) atoms.